The van der Waals surface area contributed by atoms with Crippen LogP contribution in [0.15, 0.2) is 0 Å². The molecule has 0 aliphatic heterocycles. The number of nitrogens with two attached hydrogens (primary N) is 2. The first-order chi connectivity index (χ1) is 5.13. The highest BCUT2D eigenvalue weighted by Crippen LogP contribution is 2.15. The molecule has 0 fully saturated rings. The summed E-state index contributed by atoms with van der Waals surface area (Å²) in [4.78, 5) is 0. The summed E-state index contributed by atoms with van der Waals surface area (Å²) >= 11 is 0. The predicted molar refractivity (Wildman–Crippen MR) is 50.3 cm³/mol. The molecule has 2 atom stereocenters. The molecule has 2 heteroatoms. The molecule has 68 valence electrons. The molecule has 0 amide bonds. The maximum Gasteiger partial charge on any atom is 0.00815 e. The molecule has 4 N–H and O–H groups in total. The first kappa shape index (κ1) is 10.9. The monoisotopic (exact) mass is 158 g/mol. The van der Waals surface area contributed by atoms with Gasteiger partial charge >= 0.3 is 0 Å². The molecule has 0 radical (unpaired) electrons. The van der Waals surface area contributed by atoms with E-state index in [1.807, 2.05) is 0 Å². The minimum atomic E-state index is 0.296. The molecule has 0 saturated heterocycles. The lowest BCUT2D eigenvalue weighted by Gasteiger charge is -2.25. The average molecular weight is 158 g/mol. The van der Waals surface area contributed by atoms with Crippen molar-refractivity contribution in [1.82, 2.24) is 0 Å². The summed E-state index contributed by atoms with van der Waals surface area (Å²) in [6.45, 7) is 7.26. The van der Waals surface area contributed by atoms with Crippen molar-refractivity contribution in [2.45, 2.75) is 39.7 Å². The van der Waals surface area contributed by atoms with Crippen LogP contribution >= 0.6 is 0 Å². The Labute approximate surface area is 70.3 Å². The SMILES string of the molecule is CCCC(N)C(CN)C(C)C. The van der Waals surface area contributed by atoms with Gasteiger partial charge in [-0.2, -0.15) is 0 Å². The van der Waals surface area contributed by atoms with E-state index < -0.39 is 0 Å². The van der Waals surface area contributed by atoms with Gasteiger partial charge in [0.15, 0.2) is 0 Å². The molecular weight excluding hydrogens is 136 g/mol. The number of rotatable bonds is 5. The van der Waals surface area contributed by atoms with E-state index in [2.05, 4.69) is 20.8 Å². The Balaban J connectivity index is 3.81. The second-order valence-corrected chi connectivity index (χ2v) is 3.60. The zero-order chi connectivity index (χ0) is 8.85. The Morgan fingerprint density at radius 3 is 2.09 bits per heavy atom. The summed E-state index contributed by atoms with van der Waals surface area (Å²) in [6.07, 6.45) is 2.25. The summed E-state index contributed by atoms with van der Waals surface area (Å²) in [5.41, 5.74) is 11.6. The van der Waals surface area contributed by atoms with Crippen molar-refractivity contribution in [2.24, 2.45) is 23.3 Å². The highest BCUT2D eigenvalue weighted by molar-refractivity contribution is 4.75. The second kappa shape index (κ2) is 5.56. The summed E-state index contributed by atoms with van der Waals surface area (Å²) in [6, 6.07) is 0.296. The van der Waals surface area contributed by atoms with Crippen LogP contribution in [0, 0.1) is 11.8 Å². The number of hydrogen-bond acceptors (Lipinski definition) is 2. The first-order valence-electron chi connectivity index (χ1n) is 4.59. The molecule has 0 bridgehead atoms. The third-order valence-corrected chi connectivity index (χ3v) is 2.30. The molecule has 0 aromatic heterocycles. The normalized spacial score (nSPS) is 16.9. The lowest BCUT2D eigenvalue weighted by atomic mass is 9.87. The molecule has 11 heavy (non-hydrogen) atoms. The van der Waals surface area contributed by atoms with Crippen LogP contribution in [0.3, 0.4) is 0 Å². The Kier molecular flexibility index (Phi) is 5.51. The van der Waals surface area contributed by atoms with Crippen LogP contribution in [0.25, 0.3) is 0 Å². The Morgan fingerprint density at radius 1 is 1.27 bits per heavy atom. The van der Waals surface area contributed by atoms with Gasteiger partial charge in [0.05, 0.1) is 0 Å². The molecule has 0 rings (SSSR count). The van der Waals surface area contributed by atoms with E-state index in [1.165, 1.54) is 0 Å². The summed E-state index contributed by atoms with van der Waals surface area (Å²) < 4.78 is 0. The van der Waals surface area contributed by atoms with Gasteiger partial charge in [-0.25, -0.2) is 0 Å². The van der Waals surface area contributed by atoms with Gasteiger partial charge in [-0.3, -0.25) is 0 Å². The van der Waals surface area contributed by atoms with Crippen LogP contribution in [0.2, 0.25) is 0 Å². The van der Waals surface area contributed by atoms with Gasteiger partial charge in [0, 0.05) is 6.04 Å². The van der Waals surface area contributed by atoms with Crippen molar-refractivity contribution >= 4 is 0 Å². The predicted octanol–water partition coefficient (Wildman–Crippen LogP) is 1.34. The van der Waals surface area contributed by atoms with Crippen LogP contribution in [0.4, 0.5) is 0 Å². The fourth-order valence-electron chi connectivity index (χ4n) is 1.49. The standard InChI is InChI=1S/C9H22N2/c1-4-5-9(11)8(6-10)7(2)3/h7-9H,4-6,10-11H2,1-3H3. The van der Waals surface area contributed by atoms with Crippen LogP contribution < -0.4 is 11.5 Å². The summed E-state index contributed by atoms with van der Waals surface area (Å²) in [7, 11) is 0. The second-order valence-electron chi connectivity index (χ2n) is 3.60. The van der Waals surface area contributed by atoms with Crippen molar-refractivity contribution in [3.05, 3.63) is 0 Å². The molecule has 0 aromatic carbocycles. The van der Waals surface area contributed by atoms with Crippen LogP contribution in [0.5, 0.6) is 0 Å². The van der Waals surface area contributed by atoms with Crippen LogP contribution in [-0.4, -0.2) is 12.6 Å². The van der Waals surface area contributed by atoms with E-state index in [-0.39, 0.29) is 0 Å². The average Bonchev–Trinajstić information content (AvgIpc) is 1.88. The third-order valence-electron chi connectivity index (χ3n) is 2.30. The number of hydrogen-bond donors (Lipinski definition) is 2. The van der Waals surface area contributed by atoms with Crippen molar-refractivity contribution in [3.8, 4) is 0 Å². The van der Waals surface area contributed by atoms with Crippen molar-refractivity contribution in [2.75, 3.05) is 6.54 Å². The molecule has 2 unspecified atom stereocenters. The maximum atomic E-state index is 5.96. The van der Waals surface area contributed by atoms with Crippen molar-refractivity contribution in [1.29, 1.82) is 0 Å². The molecular formula is C9H22N2. The molecule has 2 nitrogen and oxygen atoms in total. The van der Waals surface area contributed by atoms with Crippen molar-refractivity contribution in [3.63, 3.8) is 0 Å². The zero-order valence-corrected chi connectivity index (χ0v) is 8.01. The minimum absolute atomic E-state index is 0.296. The molecule has 0 aromatic rings. The lowest BCUT2D eigenvalue weighted by molar-refractivity contribution is 0.313. The van der Waals surface area contributed by atoms with Gasteiger partial charge in [-0.15, -0.1) is 0 Å². The molecule has 0 aliphatic carbocycles. The lowest BCUT2D eigenvalue weighted by Crippen LogP contribution is -2.38. The topological polar surface area (TPSA) is 52.0 Å². The van der Waals surface area contributed by atoms with Crippen LogP contribution in [0.1, 0.15) is 33.6 Å². The van der Waals surface area contributed by atoms with E-state index in [0.717, 1.165) is 19.4 Å². The van der Waals surface area contributed by atoms with Gasteiger partial charge in [0.1, 0.15) is 0 Å². The molecule has 0 heterocycles. The first-order valence-corrected chi connectivity index (χ1v) is 4.59. The quantitative estimate of drug-likeness (QED) is 0.634. The van der Waals surface area contributed by atoms with Crippen molar-refractivity contribution < 1.29 is 0 Å². The van der Waals surface area contributed by atoms with Gasteiger partial charge in [0.2, 0.25) is 0 Å². The van der Waals surface area contributed by atoms with E-state index in [9.17, 15) is 0 Å². The maximum absolute atomic E-state index is 5.96. The Morgan fingerprint density at radius 2 is 1.82 bits per heavy atom. The van der Waals surface area contributed by atoms with Gasteiger partial charge in [-0.1, -0.05) is 27.2 Å². The van der Waals surface area contributed by atoms with E-state index in [1.54, 1.807) is 0 Å². The largest absolute Gasteiger partial charge is 0.330 e. The molecule has 0 spiro atoms. The fraction of sp³-hybridized carbons (Fsp3) is 1.00. The summed E-state index contributed by atoms with van der Waals surface area (Å²) in [5.74, 6) is 1.11. The zero-order valence-electron chi connectivity index (χ0n) is 8.01. The Hall–Kier alpha value is -0.0800. The molecule has 0 aliphatic rings. The highest BCUT2D eigenvalue weighted by Gasteiger charge is 2.18. The van der Waals surface area contributed by atoms with E-state index >= 15 is 0 Å². The summed E-state index contributed by atoms with van der Waals surface area (Å²) in [5, 5.41) is 0. The Bertz CT molecular complexity index is 91.6. The van der Waals surface area contributed by atoms with Gasteiger partial charge in [0.25, 0.3) is 0 Å². The van der Waals surface area contributed by atoms with Crippen LogP contribution in [-0.2, 0) is 0 Å². The van der Waals surface area contributed by atoms with E-state index in [4.69, 9.17) is 11.5 Å². The minimum Gasteiger partial charge on any atom is -0.330 e. The van der Waals surface area contributed by atoms with Gasteiger partial charge < -0.3 is 11.5 Å². The fourth-order valence-corrected chi connectivity index (χ4v) is 1.49. The van der Waals surface area contributed by atoms with E-state index in [0.29, 0.717) is 17.9 Å². The third kappa shape index (κ3) is 3.73. The molecule has 0 saturated carbocycles. The van der Waals surface area contributed by atoms with Gasteiger partial charge in [-0.05, 0) is 24.8 Å². The smallest absolute Gasteiger partial charge is 0.00815 e. The highest BCUT2D eigenvalue weighted by atomic mass is 14.7.